The summed E-state index contributed by atoms with van der Waals surface area (Å²) in [6.07, 6.45) is -1.09. The van der Waals surface area contributed by atoms with Gasteiger partial charge < -0.3 is 4.74 Å². The molecule has 1 aromatic rings. The summed E-state index contributed by atoms with van der Waals surface area (Å²) in [5.41, 5.74) is -1.66. The molecule has 0 aromatic carbocycles. The minimum absolute atomic E-state index is 0.210. The first-order chi connectivity index (χ1) is 8.49. The predicted octanol–water partition coefficient (Wildman–Crippen LogP) is 3.37. The van der Waals surface area contributed by atoms with Crippen molar-refractivity contribution in [3.05, 3.63) is 30.1 Å². The van der Waals surface area contributed by atoms with Crippen LogP contribution in [-0.4, -0.2) is 23.9 Å². The first-order valence-corrected chi connectivity index (χ1v) is 6.01. The van der Waals surface area contributed by atoms with E-state index in [2.05, 4.69) is 4.98 Å². The van der Waals surface area contributed by atoms with Gasteiger partial charge in [0.15, 0.2) is 5.60 Å². The number of hydrogen-bond donors (Lipinski definition) is 0. The van der Waals surface area contributed by atoms with Crippen molar-refractivity contribution >= 4 is 0 Å². The third-order valence-corrected chi connectivity index (χ3v) is 3.78. The van der Waals surface area contributed by atoms with Crippen molar-refractivity contribution < 1.29 is 17.9 Å². The minimum Gasteiger partial charge on any atom is -0.368 e. The van der Waals surface area contributed by atoms with Gasteiger partial charge in [-0.2, -0.15) is 13.2 Å². The molecule has 0 N–H and O–H groups in total. The largest absolute Gasteiger partial charge is 0.418 e. The van der Waals surface area contributed by atoms with E-state index in [1.165, 1.54) is 6.20 Å². The number of ether oxygens (including phenoxy) is 1. The Bertz CT molecular complexity index is 389. The van der Waals surface area contributed by atoms with Crippen molar-refractivity contribution in [2.24, 2.45) is 5.92 Å². The molecule has 18 heavy (non-hydrogen) atoms. The van der Waals surface area contributed by atoms with Crippen LogP contribution >= 0.6 is 0 Å². The van der Waals surface area contributed by atoms with Gasteiger partial charge in [-0.3, -0.25) is 4.98 Å². The summed E-state index contributed by atoms with van der Waals surface area (Å²) in [5.74, 6) is -0.454. The Hall–Kier alpha value is -1.10. The number of halogens is 3. The lowest BCUT2D eigenvalue weighted by Crippen LogP contribution is -2.56. The molecule has 0 spiro atoms. The van der Waals surface area contributed by atoms with Crippen LogP contribution in [0.15, 0.2) is 24.4 Å². The van der Waals surface area contributed by atoms with E-state index in [1.807, 2.05) is 0 Å². The van der Waals surface area contributed by atoms with Crippen molar-refractivity contribution in [3.8, 4) is 0 Å². The predicted molar refractivity (Wildman–Crippen MR) is 61.1 cm³/mol. The Morgan fingerprint density at radius 1 is 1.33 bits per heavy atom. The first kappa shape index (κ1) is 13.3. The molecule has 2 nitrogen and oxygen atoms in total. The molecule has 0 bridgehead atoms. The van der Waals surface area contributed by atoms with Crippen LogP contribution in [0.1, 0.15) is 25.0 Å². The molecule has 1 aliphatic rings. The number of alkyl halides is 3. The summed E-state index contributed by atoms with van der Waals surface area (Å²) in [6, 6.07) is 4.99. The van der Waals surface area contributed by atoms with Crippen LogP contribution in [0, 0.1) is 5.92 Å². The maximum Gasteiger partial charge on any atom is 0.418 e. The van der Waals surface area contributed by atoms with Gasteiger partial charge in [-0.05, 0) is 30.9 Å². The quantitative estimate of drug-likeness (QED) is 0.827. The Balaban J connectivity index is 2.29. The van der Waals surface area contributed by atoms with Crippen LogP contribution in [0.4, 0.5) is 13.2 Å². The highest BCUT2D eigenvalue weighted by molar-refractivity contribution is 5.11. The summed E-state index contributed by atoms with van der Waals surface area (Å²) in [6.45, 7) is 0. The molecule has 5 heteroatoms. The third-order valence-electron chi connectivity index (χ3n) is 3.78. The average molecular weight is 259 g/mol. The monoisotopic (exact) mass is 259 g/mol. The van der Waals surface area contributed by atoms with Crippen LogP contribution in [0.2, 0.25) is 0 Å². The van der Waals surface area contributed by atoms with E-state index in [4.69, 9.17) is 4.74 Å². The van der Waals surface area contributed by atoms with Crippen LogP contribution in [0.5, 0.6) is 0 Å². The molecule has 0 saturated heterocycles. The van der Waals surface area contributed by atoms with Gasteiger partial charge in [0.05, 0.1) is 0 Å². The fraction of sp³-hybridized carbons (Fsp3) is 0.615. The lowest BCUT2D eigenvalue weighted by molar-refractivity contribution is -0.297. The summed E-state index contributed by atoms with van der Waals surface area (Å²) < 4.78 is 45.1. The zero-order valence-corrected chi connectivity index (χ0v) is 10.2. The molecule has 0 radical (unpaired) electrons. The molecule has 0 aliphatic heterocycles. The van der Waals surface area contributed by atoms with Crippen molar-refractivity contribution in [2.75, 3.05) is 7.11 Å². The molecular formula is C13H16F3NO. The zero-order chi connectivity index (χ0) is 13.2. The Kier molecular flexibility index (Phi) is 3.61. The summed E-state index contributed by atoms with van der Waals surface area (Å²) in [7, 11) is 1.15. The summed E-state index contributed by atoms with van der Waals surface area (Å²) >= 11 is 0. The normalized spacial score (nSPS) is 20.2. The van der Waals surface area contributed by atoms with Crippen LogP contribution in [-0.2, 0) is 11.2 Å². The standard InChI is InChI=1S/C13H16F3NO/c1-18-12(13(14,15)16,10-5-4-6-10)9-11-7-2-3-8-17-11/h2-3,7-8,10H,4-6,9H2,1H3. The van der Waals surface area contributed by atoms with E-state index in [9.17, 15) is 13.2 Å². The van der Waals surface area contributed by atoms with E-state index < -0.39 is 17.7 Å². The molecule has 1 fully saturated rings. The van der Waals surface area contributed by atoms with Gasteiger partial charge in [0.2, 0.25) is 0 Å². The molecule has 1 aliphatic carbocycles. The number of rotatable bonds is 4. The molecule has 100 valence electrons. The second-order valence-corrected chi connectivity index (χ2v) is 4.72. The first-order valence-electron chi connectivity index (χ1n) is 6.01. The number of pyridine rings is 1. The second-order valence-electron chi connectivity index (χ2n) is 4.72. The van der Waals surface area contributed by atoms with Crippen molar-refractivity contribution in [2.45, 2.75) is 37.5 Å². The molecule has 1 saturated carbocycles. The molecule has 1 heterocycles. The van der Waals surface area contributed by atoms with Gasteiger partial charge in [-0.25, -0.2) is 0 Å². The fourth-order valence-electron chi connectivity index (χ4n) is 2.48. The van der Waals surface area contributed by atoms with Gasteiger partial charge in [-0.15, -0.1) is 0 Å². The molecule has 0 amide bonds. The SMILES string of the molecule is COC(Cc1ccccn1)(C1CCC1)C(F)(F)F. The Morgan fingerprint density at radius 2 is 2.06 bits per heavy atom. The number of methoxy groups -OCH3 is 1. The van der Waals surface area contributed by atoms with E-state index in [1.54, 1.807) is 18.2 Å². The smallest absolute Gasteiger partial charge is 0.368 e. The zero-order valence-electron chi connectivity index (χ0n) is 10.2. The summed E-state index contributed by atoms with van der Waals surface area (Å²) in [5, 5.41) is 0. The average Bonchev–Trinajstić information content (AvgIpc) is 2.25. The third kappa shape index (κ3) is 2.23. The minimum atomic E-state index is -4.37. The maximum atomic E-state index is 13.4. The lowest BCUT2D eigenvalue weighted by atomic mass is 9.70. The van der Waals surface area contributed by atoms with Crippen molar-refractivity contribution in [1.29, 1.82) is 0 Å². The molecule has 1 aromatic heterocycles. The Morgan fingerprint density at radius 3 is 2.44 bits per heavy atom. The van der Waals surface area contributed by atoms with Crippen LogP contribution in [0.3, 0.4) is 0 Å². The number of nitrogens with zero attached hydrogens (tertiary/aromatic N) is 1. The van der Waals surface area contributed by atoms with E-state index in [0.29, 0.717) is 18.5 Å². The molecular weight excluding hydrogens is 243 g/mol. The summed E-state index contributed by atoms with van der Waals surface area (Å²) in [4.78, 5) is 3.99. The molecule has 1 atom stereocenters. The highest BCUT2D eigenvalue weighted by atomic mass is 19.4. The van der Waals surface area contributed by atoms with E-state index >= 15 is 0 Å². The number of hydrogen-bond acceptors (Lipinski definition) is 2. The molecule has 2 rings (SSSR count). The number of aromatic nitrogens is 1. The second kappa shape index (κ2) is 4.88. The van der Waals surface area contributed by atoms with E-state index in [-0.39, 0.29) is 6.42 Å². The van der Waals surface area contributed by atoms with Crippen molar-refractivity contribution in [3.63, 3.8) is 0 Å². The maximum absolute atomic E-state index is 13.4. The highest BCUT2D eigenvalue weighted by Crippen LogP contribution is 2.49. The molecule has 1 unspecified atom stereocenters. The van der Waals surface area contributed by atoms with Gasteiger partial charge >= 0.3 is 6.18 Å². The topological polar surface area (TPSA) is 22.1 Å². The van der Waals surface area contributed by atoms with E-state index in [0.717, 1.165) is 13.5 Å². The van der Waals surface area contributed by atoms with Gasteiger partial charge in [0.25, 0.3) is 0 Å². The van der Waals surface area contributed by atoms with Crippen LogP contribution < -0.4 is 0 Å². The highest BCUT2D eigenvalue weighted by Gasteiger charge is 2.61. The van der Waals surface area contributed by atoms with Gasteiger partial charge in [0.1, 0.15) is 0 Å². The van der Waals surface area contributed by atoms with Crippen molar-refractivity contribution in [1.82, 2.24) is 4.98 Å². The van der Waals surface area contributed by atoms with Crippen LogP contribution in [0.25, 0.3) is 0 Å². The lowest BCUT2D eigenvalue weighted by Gasteiger charge is -2.45. The fourth-order valence-corrected chi connectivity index (χ4v) is 2.48. The van der Waals surface area contributed by atoms with Gasteiger partial charge in [0, 0.05) is 25.4 Å². The van der Waals surface area contributed by atoms with Gasteiger partial charge in [-0.1, -0.05) is 12.5 Å². The Labute approximate surface area is 104 Å².